The summed E-state index contributed by atoms with van der Waals surface area (Å²) in [6.07, 6.45) is 2.19. The first-order valence-electron chi connectivity index (χ1n) is 4.69. The molecule has 0 aliphatic rings. The summed E-state index contributed by atoms with van der Waals surface area (Å²) in [5.74, 6) is 0.0282. The van der Waals surface area contributed by atoms with Crippen LogP contribution in [0.3, 0.4) is 0 Å². The van der Waals surface area contributed by atoms with E-state index >= 15 is 0 Å². The van der Waals surface area contributed by atoms with Gasteiger partial charge in [-0.3, -0.25) is 9.48 Å². The smallest absolute Gasteiger partial charge is 0.181 e. The van der Waals surface area contributed by atoms with Crippen molar-refractivity contribution in [1.82, 2.24) is 9.78 Å². The molecule has 0 saturated heterocycles. The van der Waals surface area contributed by atoms with Gasteiger partial charge in [-0.05, 0) is 19.9 Å². The van der Waals surface area contributed by atoms with Gasteiger partial charge in [-0.2, -0.15) is 5.10 Å². The third-order valence-electron chi connectivity index (χ3n) is 2.01. The number of rotatable bonds is 5. The molecule has 0 bridgehead atoms. The Morgan fingerprint density at radius 3 is 2.71 bits per heavy atom. The highest BCUT2D eigenvalue weighted by Gasteiger charge is 2.11. The Morgan fingerprint density at radius 2 is 2.14 bits per heavy atom. The molecule has 0 N–H and O–H groups in total. The van der Waals surface area contributed by atoms with Crippen LogP contribution in [0.5, 0.6) is 0 Å². The third kappa shape index (κ3) is 2.52. The highest BCUT2D eigenvalue weighted by molar-refractivity contribution is 5.96. The van der Waals surface area contributed by atoms with Crippen molar-refractivity contribution in [3.63, 3.8) is 0 Å². The minimum atomic E-state index is -0.0143. The van der Waals surface area contributed by atoms with E-state index in [1.165, 1.54) is 6.92 Å². The van der Waals surface area contributed by atoms with Crippen LogP contribution in [0.4, 0.5) is 0 Å². The average molecular weight is 194 g/mol. The molecular formula is C10H14N2O2. The van der Waals surface area contributed by atoms with Crippen molar-refractivity contribution < 1.29 is 9.59 Å². The SMILES string of the molecule is CCn1nccc1C(=O)CCC(C)=O. The van der Waals surface area contributed by atoms with Crippen molar-refractivity contribution in [2.75, 3.05) is 0 Å². The van der Waals surface area contributed by atoms with Crippen LogP contribution in [0.15, 0.2) is 12.3 Å². The fourth-order valence-electron chi connectivity index (χ4n) is 1.24. The predicted molar refractivity (Wildman–Crippen MR) is 52.1 cm³/mol. The van der Waals surface area contributed by atoms with E-state index in [-0.39, 0.29) is 18.0 Å². The fourth-order valence-corrected chi connectivity index (χ4v) is 1.24. The first-order valence-corrected chi connectivity index (χ1v) is 4.69. The Morgan fingerprint density at radius 1 is 1.43 bits per heavy atom. The lowest BCUT2D eigenvalue weighted by Crippen LogP contribution is -2.10. The quantitative estimate of drug-likeness (QED) is 0.667. The summed E-state index contributed by atoms with van der Waals surface area (Å²) >= 11 is 0. The molecule has 0 amide bonds. The van der Waals surface area contributed by atoms with Crippen molar-refractivity contribution in [2.45, 2.75) is 33.2 Å². The van der Waals surface area contributed by atoms with Gasteiger partial charge in [0.2, 0.25) is 0 Å². The average Bonchev–Trinajstić information content (AvgIpc) is 2.61. The maximum absolute atomic E-state index is 11.6. The Hall–Kier alpha value is -1.45. The molecule has 0 radical (unpaired) electrons. The molecule has 1 aromatic rings. The minimum Gasteiger partial charge on any atom is -0.300 e. The topological polar surface area (TPSA) is 52.0 Å². The van der Waals surface area contributed by atoms with Gasteiger partial charge in [0, 0.05) is 25.6 Å². The summed E-state index contributed by atoms with van der Waals surface area (Å²) in [5.41, 5.74) is 0.591. The van der Waals surface area contributed by atoms with Gasteiger partial charge in [0.1, 0.15) is 11.5 Å². The molecule has 0 aliphatic carbocycles. The Balaban J connectivity index is 2.64. The number of aromatic nitrogens is 2. The molecule has 4 heteroatoms. The van der Waals surface area contributed by atoms with Crippen molar-refractivity contribution in [3.05, 3.63) is 18.0 Å². The van der Waals surface area contributed by atoms with Crippen LogP contribution in [-0.2, 0) is 11.3 Å². The molecule has 0 spiro atoms. The first kappa shape index (κ1) is 10.6. The third-order valence-corrected chi connectivity index (χ3v) is 2.01. The van der Waals surface area contributed by atoms with Gasteiger partial charge in [-0.25, -0.2) is 0 Å². The normalized spacial score (nSPS) is 10.1. The molecule has 14 heavy (non-hydrogen) atoms. The van der Waals surface area contributed by atoms with Crippen LogP contribution in [-0.4, -0.2) is 21.3 Å². The zero-order valence-corrected chi connectivity index (χ0v) is 8.49. The lowest BCUT2D eigenvalue weighted by atomic mass is 10.1. The summed E-state index contributed by atoms with van der Waals surface area (Å²) in [5, 5.41) is 3.99. The van der Waals surface area contributed by atoms with E-state index in [2.05, 4.69) is 5.10 Å². The molecule has 1 heterocycles. The largest absolute Gasteiger partial charge is 0.300 e. The number of hydrogen-bond acceptors (Lipinski definition) is 3. The van der Waals surface area contributed by atoms with E-state index in [0.717, 1.165) is 0 Å². The molecule has 0 aromatic carbocycles. The Bertz CT molecular complexity index is 342. The van der Waals surface area contributed by atoms with Crippen molar-refractivity contribution in [1.29, 1.82) is 0 Å². The fraction of sp³-hybridized carbons (Fsp3) is 0.500. The van der Waals surface area contributed by atoms with E-state index in [1.807, 2.05) is 6.92 Å². The zero-order chi connectivity index (χ0) is 10.6. The zero-order valence-electron chi connectivity index (χ0n) is 8.49. The van der Waals surface area contributed by atoms with Gasteiger partial charge in [0.15, 0.2) is 5.78 Å². The minimum absolute atomic E-state index is 0.0143. The van der Waals surface area contributed by atoms with Gasteiger partial charge in [0.25, 0.3) is 0 Å². The van der Waals surface area contributed by atoms with Crippen molar-refractivity contribution in [2.24, 2.45) is 0 Å². The van der Waals surface area contributed by atoms with E-state index in [0.29, 0.717) is 18.7 Å². The van der Waals surface area contributed by atoms with Crippen LogP contribution in [0.2, 0.25) is 0 Å². The van der Waals surface area contributed by atoms with Crippen LogP contribution < -0.4 is 0 Å². The van der Waals surface area contributed by atoms with Gasteiger partial charge in [-0.1, -0.05) is 0 Å². The molecule has 1 rings (SSSR count). The summed E-state index contributed by atoms with van der Waals surface area (Å²) in [4.78, 5) is 22.3. The van der Waals surface area contributed by atoms with Gasteiger partial charge in [0.05, 0.1) is 0 Å². The maximum Gasteiger partial charge on any atom is 0.181 e. The van der Waals surface area contributed by atoms with Crippen molar-refractivity contribution >= 4 is 11.6 Å². The van der Waals surface area contributed by atoms with E-state index in [1.54, 1.807) is 16.9 Å². The van der Waals surface area contributed by atoms with Crippen LogP contribution in [0.25, 0.3) is 0 Å². The maximum atomic E-state index is 11.6. The number of ketones is 2. The molecular weight excluding hydrogens is 180 g/mol. The van der Waals surface area contributed by atoms with E-state index in [9.17, 15) is 9.59 Å². The van der Waals surface area contributed by atoms with Gasteiger partial charge < -0.3 is 4.79 Å². The van der Waals surface area contributed by atoms with Gasteiger partial charge in [-0.15, -0.1) is 0 Å². The predicted octanol–water partition coefficient (Wildman–Crippen LogP) is 1.45. The standard InChI is InChI=1S/C10H14N2O2/c1-3-12-9(6-7-11-12)10(14)5-4-8(2)13/h6-7H,3-5H2,1-2H3. The second-order valence-corrected chi connectivity index (χ2v) is 3.16. The summed E-state index contributed by atoms with van der Waals surface area (Å²) in [6, 6.07) is 1.69. The molecule has 4 nitrogen and oxygen atoms in total. The summed E-state index contributed by atoms with van der Waals surface area (Å²) in [7, 11) is 0. The Kier molecular flexibility index (Phi) is 3.56. The second-order valence-electron chi connectivity index (χ2n) is 3.16. The summed E-state index contributed by atoms with van der Waals surface area (Å²) < 4.78 is 1.64. The summed E-state index contributed by atoms with van der Waals surface area (Å²) in [6.45, 7) is 4.09. The van der Waals surface area contributed by atoms with Gasteiger partial charge >= 0.3 is 0 Å². The van der Waals surface area contributed by atoms with Crippen LogP contribution >= 0.6 is 0 Å². The number of carbonyl (C=O) groups excluding carboxylic acids is 2. The number of nitrogens with zero attached hydrogens (tertiary/aromatic N) is 2. The molecule has 0 saturated carbocycles. The number of hydrogen-bond donors (Lipinski definition) is 0. The molecule has 0 fully saturated rings. The highest BCUT2D eigenvalue weighted by Crippen LogP contribution is 2.05. The molecule has 1 aromatic heterocycles. The monoisotopic (exact) mass is 194 g/mol. The lowest BCUT2D eigenvalue weighted by Gasteiger charge is -2.02. The molecule has 0 aliphatic heterocycles. The number of Topliss-reactive ketones (excluding diaryl/α,β-unsaturated/α-hetero) is 2. The number of aryl methyl sites for hydroxylation is 1. The number of carbonyl (C=O) groups is 2. The lowest BCUT2D eigenvalue weighted by molar-refractivity contribution is -0.116. The molecule has 0 unspecified atom stereocenters. The van der Waals surface area contributed by atoms with Crippen LogP contribution in [0.1, 0.15) is 37.2 Å². The Labute approximate surface area is 82.9 Å². The molecule has 76 valence electrons. The van der Waals surface area contributed by atoms with E-state index < -0.39 is 0 Å². The van der Waals surface area contributed by atoms with E-state index in [4.69, 9.17) is 0 Å². The van der Waals surface area contributed by atoms with Crippen LogP contribution in [0, 0.1) is 0 Å². The molecule has 0 atom stereocenters. The first-order chi connectivity index (χ1) is 6.65. The second kappa shape index (κ2) is 4.69. The van der Waals surface area contributed by atoms with Crippen molar-refractivity contribution in [3.8, 4) is 0 Å². The highest BCUT2D eigenvalue weighted by atomic mass is 16.1.